The predicted octanol–water partition coefficient (Wildman–Crippen LogP) is 2.93. The van der Waals surface area contributed by atoms with E-state index in [0.717, 1.165) is 5.92 Å². The van der Waals surface area contributed by atoms with Gasteiger partial charge in [-0.1, -0.05) is 44.0 Å². The molecular weight excluding hydrogens is 223 g/mol. The lowest BCUT2D eigenvalue weighted by Gasteiger charge is -2.28. The van der Waals surface area contributed by atoms with Crippen molar-refractivity contribution in [3.8, 4) is 0 Å². The summed E-state index contributed by atoms with van der Waals surface area (Å²) < 4.78 is 0. The van der Waals surface area contributed by atoms with Crippen LogP contribution in [0.4, 0.5) is 0 Å². The highest BCUT2D eigenvalue weighted by Crippen LogP contribution is 2.37. The van der Waals surface area contributed by atoms with E-state index in [9.17, 15) is 0 Å². The topological polar surface area (TPSA) is 40.5 Å². The third kappa shape index (κ3) is 3.36. The maximum Gasteiger partial charge on any atom is 0.488 e. The zero-order valence-electron chi connectivity index (χ0n) is 11.2. The van der Waals surface area contributed by atoms with Crippen molar-refractivity contribution in [1.82, 2.24) is 0 Å². The van der Waals surface area contributed by atoms with E-state index in [1.165, 1.54) is 44.1 Å². The first kappa shape index (κ1) is 13.6. The van der Waals surface area contributed by atoms with Crippen molar-refractivity contribution >= 4 is 12.6 Å². The Labute approximate surface area is 113 Å². The van der Waals surface area contributed by atoms with E-state index in [-0.39, 0.29) is 2.85 Å². The number of rotatable bonds is 4. The quantitative estimate of drug-likeness (QED) is 0.806. The van der Waals surface area contributed by atoms with Gasteiger partial charge in [0.05, 0.1) is 0 Å². The lowest BCUT2D eigenvalue weighted by molar-refractivity contribution is 0.308. The molecule has 2 rings (SSSR count). The second kappa shape index (κ2) is 6.39. The number of hydrogen-bond acceptors (Lipinski definition) is 2. The molecule has 0 unspecified atom stereocenters. The molecule has 1 saturated carbocycles. The molecular formula is C15H27BO2. The van der Waals surface area contributed by atoms with Crippen molar-refractivity contribution in [2.24, 2.45) is 5.92 Å². The minimum atomic E-state index is -1.35. The summed E-state index contributed by atoms with van der Waals surface area (Å²) in [6, 6.07) is 7.77. The van der Waals surface area contributed by atoms with Gasteiger partial charge in [0.2, 0.25) is 0 Å². The molecule has 1 aliphatic rings. The molecule has 2 N–H and O–H groups in total. The zero-order chi connectivity index (χ0) is 13.0. The molecule has 1 fully saturated rings. The molecule has 1 aliphatic carbocycles. The van der Waals surface area contributed by atoms with Crippen LogP contribution in [0.1, 0.15) is 59.8 Å². The molecule has 0 bridgehead atoms. The molecule has 1 aromatic carbocycles. The number of hydrogen-bond donors (Lipinski definition) is 2. The first-order chi connectivity index (χ1) is 8.70. The van der Waals surface area contributed by atoms with Crippen LogP contribution in [0.25, 0.3) is 0 Å². The standard InChI is InChI=1S/C15H23BO2.2H2/c1-2-3-12-4-6-13(7-5-12)14-8-10-15(11-9-14)16(17)18;;/h8-13,17-18H,2-7H2,1H3;2*1H. The lowest BCUT2D eigenvalue weighted by atomic mass is 9.75. The Bertz CT molecular complexity index is 363. The van der Waals surface area contributed by atoms with Gasteiger partial charge < -0.3 is 10.0 Å². The van der Waals surface area contributed by atoms with E-state index in [1.54, 1.807) is 0 Å². The summed E-state index contributed by atoms with van der Waals surface area (Å²) in [5.41, 5.74) is 1.94. The Hall–Kier alpha value is -0.795. The Morgan fingerprint density at radius 1 is 1.11 bits per heavy atom. The van der Waals surface area contributed by atoms with Crippen molar-refractivity contribution in [3.05, 3.63) is 29.8 Å². The summed E-state index contributed by atoms with van der Waals surface area (Å²) in [5, 5.41) is 18.1. The number of benzene rings is 1. The highest BCUT2D eigenvalue weighted by molar-refractivity contribution is 6.58. The minimum absolute atomic E-state index is 0. The van der Waals surface area contributed by atoms with E-state index >= 15 is 0 Å². The van der Waals surface area contributed by atoms with Crippen LogP contribution in [-0.4, -0.2) is 17.2 Å². The van der Waals surface area contributed by atoms with E-state index in [1.807, 2.05) is 12.1 Å². The van der Waals surface area contributed by atoms with Crippen LogP contribution in [0.5, 0.6) is 0 Å². The molecule has 0 aromatic heterocycles. The third-order valence-electron chi connectivity index (χ3n) is 4.25. The van der Waals surface area contributed by atoms with Gasteiger partial charge in [-0.3, -0.25) is 0 Å². The molecule has 0 aliphatic heterocycles. The SMILES string of the molecule is CCCC1CCC(c2ccc(B(O)O)cc2)CC1.[HH].[HH]. The Morgan fingerprint density at radius 2 is 1.72 bits per heavy atom. The summed E-state index contributed by atoms with van der Waals surface area (Å²) in [4.78, 5) is 0. The summed E-state index contributed by atoms with van der Waals surface area (Å²) in [7, 11) is -1.35. The maximum absolute atomic E-state index is 9.07. The molecule has 0 atom stereocenters. The zero-order valence-corrected chi connectivity index (χ0v) is 11.2. The molecule has 102 valence electrons. The van der Waals surface area contributed by atoms with Crippen LogP contribution in [0, 0.1) is 5.92 Å². The molecule has 2 nitrogen and oxygen atoms in total. The van der Waals surface area contributed by atoms with Crippen LogP contribution in [0.15, 0.2) is 24.3 Å². The van der Waals surface area contributed by atoms with Gasteiger partial charge in [0.1, 0.15) is 0 Å². The fourth-order valence-corrected chi connectivity index (χ4v) is 3.13. The lowest BCUT2D eigenvalue weighted by Crippen LogP contribution is -2.29. The summed E-state index contributed by atoms with van der Waals surface area (Å²) in [6.07, 6.45) is 7.95. The van der Waals surface area contributed by atoms with E-state index in [2.05, 4.69) is 19.1 Å². The van der Waals surface area contributed by atoms with Gasteiger partial charge in [0.25, 0.3) is 0 Å². The normalized spacial score (nSPS) is 23.9. The largest absolute Gasteiger partial charge is 0.488 e. The fraction of sp³-hybridized carbons (Fsp3) is 0.600. The summed E-state index contributed by atoms with van der Waals surface area (Å²) >= 11 is 0. The van der Waals surface area contributed by atoms with Gasteiger partial charge in [-0.05, 0) is 48.5 Å². The van der Waals surface area contributed by atoms with Gasteiger partial charge in [0, 0.05) is 2.85 Å². The smallest absolute Gasteiger partial charge is 0.423 e. The highest BCUT2D eigenvalue weighted by Gasteiger charge is 2.22. The first-order valence-corrected chi connectivity index (χ1v) is 7.16. The summed E-state index contributed by atoms with van der Waals surface area (Å²) in [5.74, 6) is 1.60. The maximum atomic E-state index is 9.07. The Kier molecular flexibility index (Phi) is 4.84. The fourth-order valence-electron chi connectivity index (χ4n) is 3.13. The predicted molar refractivity (Wildman–Crippen MR) is 80.1 cm³/mol. The monoisotopic (exact) mass is 250 g/mol. The highest BCUT2D eigenvalue weighted by atomic mass is 16.4. The molecule has 0 heterocycles. The van der Waals surface area contributed by atoms with E-state index in [4.69, 9.17) is 10.0 Å². The molecule has 18 heavy (non-hydrogen) atoms. The van der Waals surface area contributed by atoms with Crippen LogP contribution >= 0.6 is 0 Å². The second-order valence-electron chi connectivity index (χ2n) is 5.55. The Balaban J connectivity index is 0.00000180. The molecule has 0 amide bonds. The van der Waals surface area contributed by atoms with Crippen molar-refractivity contribution in [2.75, 3.05) is 0 Å². The average Bonchev–Trinajstić information content (AvgIpc) is 2.40. The second-order valence-corrected chi connectivity index (χ2v) is 5.55. The van der Waals surface area contributed by atoms with Crippen LogP contribution in [0.2, 0.25) is 0 Å². The van der Waals surface area contributed by atoms with Gasteiger partial charge in [0.15, 0.2) is 0 Å². The van der Waals surface area contributed by atoms with Crippen LogP contribution < -0.4 is 5.46 Å². The van der Waals surface area contributed by atoms with E-state index < -0.39 is 7.12 Å². The molecule has 0 saturated heterocycles. The summed E-state index contributed by atoms with van der Waals surface area (Å²) in [6.45, 7) is 2.27. The molecule has 0 radical (unpaired) electrons. The van der Waals surface area contributed by atoms with E-state index in [0.29, 0.717) is 11.4 Å². The van der Waals surface area contributed by atoms with Crippen LogP contribution in [0.3, 0.4) is 0 Å². The van der Waals surface area contributed by atoms with Gasteiger partial charge in [-0.2, -0.15) is 0 Å². The van der Waals surface area contributed by atoms with Gasteiger partial charge in [-0.25, -0.2) is 0 Å². The van der Waals surface area contributed by atoms with Crippen molar-refractivity contribution in [2.45, 2.75) is 51.4 Å². The third-order valence-corrected chi connectivity index (χ3v) is 4.25. The van der Waals surface area contributed by atoms with Gasteiger partial charge >= 0.3 is 7.12 Å². The molecule has 3 heteroatoms. The molecule has 0 spiro atoms. The van der Waals surface area contributed by atoms with Crippen LogP contribution in [-0.2, 0) is 0 Å². The van der Waals surface area contributed by atoms with Crippen molar-refractivity contribution in [1.29, 1.82) is 0 Å². The Morgan fingerprint density at radius 3 is 2.22 bits per heavy atom. The average molecular weight is 250 g/mol. The minimum Gasteiger partial charge on any atom is -0.423 e. The van der Waals surface area contributed by atoms with Crippen molar-refractivity contribution in [3.63, 3.8) is 0 Å². The van der Waals surface area contributed by atoms with Crippen molar-refractivity contribution < 1.29 is 12.9 Å². The van der Waals surface area contributed by atoms with Gasteiger partial charge in [-0.15, -0.1) is 0 Å². The molecule has 1 aromatic rings. The first-order valence-electron chi connectivity index (χ1n) is 7.16.